The average Bonchev–Trinajstić information content (AvgIpc) is 2.66. The average molecular weight is 200 g/mol. The summed E-state index contributed by atoms with van der Waals surface area (Å²) in [5.74, 6) is 0. The molecule has 2 heterocycles. The van der Waals surface area contributed by atoms with Crippen LogP contribution in [0.1, 0.15) is 12.0 Å². The highest BCUT2D eigenvalue weighted by Crippen LogP contribution is 2.23. The van der Waals surface area contributed by atoms with E-state index < -0.39 is 0 Å². The van der Waals surface area contributed by atoms with E-state index in [-0.39, 0.29) is 0 Å². The number of rotatable bonds is 2. The predicted molar refractivity (Wildman–Crippen MR) is 62.2 cm³/mol. The summed E-state index contributed by atoms with van der Waals surface area (Å²) in [5, 5.41) is 4.90. The van der Waals surface area contributed by atoms with Gasteiger partial charge in [0.2, 0.25) is 0 Å². The van der Waals surface area contributed by atoms with Gasteiger partial charge in [0.25, 0.3) is 0 Å². The zero-order valence-electron chi connectivity index (χ0n) is 8.89. The third kappa shape index (κ3) is 1.71. The van der Waals surface area contributed by atoms with Crippen molar-refractivity contribution in [2.75, 3.05) is 26.2 Å². The molecule has 1 saturated heterocycles. The third-order valence-corrected chi connectivity index (χ3v) is 3.28. The smallest absolute Gasteiger partial charge is 0.0390 e. The van der Waals surface area contributed by atoms with Crippen LogP contribution in [-0.2, 0) is 0 Å². The summed E-state index contributed by atoms with van der Waals surface area (Å²) in [7, 11) is 0. The zero-order valence-corrected chi connectivity index (χ0v) is 8.89. The maximum Gasteiger partial charge on any atom is 0.0390 e. The monoisotopic (exact) mass is 200 g/mol. The Kier molecular flexibility index (Phi) is 2.31. The Morgan fingerprint density at radius 2 is 1.73 bits per heavy atom. The maximum absolute atomic E-state index is 2.45. The molecule has 0 aliphatic carbocycles. The van der Waals surface area contributed by atoms with Gasteiger partial charge >= 0.3 is 0 Å². The fourth-order valence-corrected chi connectivity index (χ4v) is 2.20. The molecule has 3 rings (SSSR count). The number of benzene rings is 1. The third-order valence-electron chi connectivity index (χ3n) is 3.28. The van der Waals surface area contributed by atoms with Crippen LogP contribution in [-0.4, -0.2) is 36.2 Å². The second-order valence-electron chi connectivity index (χ2n) is 4.25. The van der Waals surface area contributed by atoms with Crippen LogP contribution in [0.15, 0.2) is 36.4 Å². The highest BCUT2D eigenvalue weighted by molar-refractivity contribution is 5.68. The Hall–Kier alpha value is -1.12. The first-order valence-electron chi connectivity index (χ1n) is 5.68. The van der Waals surface area contributed by atoms with E-state index in [1.807, 2.05) is 0 Å². The topological polar surface area (TPSA) is 6.48 Å². The van der Waals surface area contributed by atoms with Crippen molar-refractivity contribution in [2.45, 2.75) is 6.42 Å². The number of hydrazine groups is 1. The number of hydrogen-bond acceptors (Lipinski definition) is 2. The Bertz CT molecular complexity index is 365. The van der Waals surface area contributed by atoms with Gasteiger partial charge in [0.05, 0.1) is 0 Å². The van der Waals surface area contributed by atoms with Crippen LogP contribution in [0.5, 0.6) is 0 Å². The van der Waals surface area contributed by atoms with Gasteiger partial charge in [0, 0.05) is 26.2 Å². The van der Waals surface area contributed by atoms with E-state index in [1.165, 1.54) is 30.6 Å². The summed E-state index contributed by atoms with van der Waals surface area (Å²) in [5.41, 5.74) is 2.85. The normalized spacial score (nSPS) is 22.5. The summed E-state index contributed by atoms with van der Waals surface area (Å²) in [4.78, 5) is 0. The fraction of sp³-hybridized carbons (Fsp3) is 0.385. The van der Waals surface area contributed by atoms with Gasteiger partial charge in [-0.1, -0.05) is 36.4 Å². The van der Waals surface area contributed by atoms with E-state index in [0.29, 0.717) is 0 Å². The van der Waals surface area contributed by atoms with Crippen LogP contribution in [0.2, 0.25) is 0 Å². The highest BCUT2D eigenvalue weighted by Gasteiger charge is 2.25. The van der Waals surface area contributed by atoms with Crippen LogP contribution in [0.3, 0.4) is 0 Å². The molecule has 1 aromatic carbocycles. The lowest BCUT2D eigenvalue weighted by atomic mass is 10.1. The minimum Gasteiger partial charge on any atom is -0.241 e. The van der Waals surface area contributed by atoms with E-state index in [1.54, 1.807) is 0 Å². The first kappa shape index (κ1) is 9.13. The molecule has 0 saturated carbocycles. The lowest BCUT2D eigenvalue weighted by Crippen LogP contribution is -2.49. The molecule has 0 N–H and O–H groups in total. The van der Waals surface area contributed by atoms with Gasteiger partial charge in [0.15, 0.2) is 0 Å². The molecule has 0 unspecified atom stereocenters. The molecule has 0 bridgehead atoms. The molecule has 0 amide bonds. The second kappa shape index (κ2) is 3.80. The van der Waals surface area contributed by atoms with E-state index >= 15 is 0 Å². The van der Waals surface area contributed by atoms with Gasteiger partial charge in [-0.2, -0.15) is 0 Å². The van der Waals surface area contributed by atoms with Crippen molar-refractivity contribution in [3.63, 3.8) is 0 Å². The fourth-order valence-electron chi connectivity index (χ4n) is 2.20. The Morgan fingerprint density at radius 3 is 2.40 bits per heavy atom. The summed E-state index contributed by atoms with van der Waals surface area (Å²) >= 11 is 0. The minimum absolute atomic E-state index is 1.09. The van der Waals surface area contributed by atoms with Crippen LogP contribution in [0.25, 0.3) is 5.57 Å². The summed E-state index contributed by atoms with van der Waals surface area (Å²) in [6.45, 7) is 4.67. The van der Waals surface area contributed by atoms with Gasteiger partial charge in [-0.05, 0) is 17.6 Å². The first-order chi connectivity index (χ1) is 7.43. The van der Waals surface area contributed by atoms with Crippen molar-refractivity contribution in [3.05, 3.63) is 42.0 Å². The molecule has 1 fully saturated rings. The van der Waals surface area contributed by atoms with Gasteiger partial charge in [-0.25, -0.2) is 10.0 Å². The molecule has 2 nitrogen and oxygen atoms in total. The number of hydrogen-bond donors (Lipinski definition) is 0. The van der Waals surface area contributed by atoms with E-state index in [4.69, 9.17) is 0 Å². The van der Waals surface area contributed by atoms with Crippen LogP contribution in [0.4, 0.5) is 0 Å². The van der Waals surface area contributed by atoms with Crippen molar-refractivity contribution in [1.82, 2.24) is 10.0 Å². The lowest BCUT2D eigenvalue weighted by molar-refractivity contribution is -0.0485. The van der Waals surface area contributed by atoms with Gasteiger partial charge < -0.3 is 0 Å². The predicted octanol–water partition coefficient (Wildman–Crippen LogP) is 2.01. The second-order valence-corrected chi connectivity index (χ2v) is 4.25. The molecule has 2 aliphatic heterocycles. The SMILES string of the molecule is C1=C(c2ccccc2)CN(N2CCC2)C1. The van der Waals surface area contributed by atoms with Crippen LogP contribution < -0.4 is 0 Å². The molecule has 0 atom stereocenters. The van der Waals surface area contributed by atoms with E-state index in [9.17, 15) is 0 Å². The van der Waals surface area contributed by atoms with Crippen molar-refractivity contribution >= 4 is 5.57 Å². The van der Waals surface area contributed by atoms with Crippen molar-refractivity contribution in [1.29, 1.82) is 0 Å². The quantitative estimate of drug-likeness (QED) is 0.720. The van der Waals surface area contributed by atoms with Crippen molar-refractivity contribution < 1.29 is 0 Å². The molecular weight excluding hydrogens is 184 g/mol. The van der Waals surface area contributed by atoms with Gasteiger partial charge in [0.1, 0.15) is 0 Å². The van der Waals surface area contributed by atoms with Crippen LogP contribution >= 0.6 is 0 Å². The molecular formula is C13H16N2. The van der Waals surface area contributed by atoms with Crippen molar-refractivity contribution in [3.8, 4) is 0 Å². The molecule has 15 heavy (non-hydrogen) atoms. The molecule has 1 aromatic rings. The number of nitrogens with zero attached hydrogens (tertiary/aromatic N) is 2. The molecule has 0 radical (unpaired) electrons. The molecule has 78 valence electrons. The van der Waals surface area contributed by atoms with Gasteiger partial charge in [-0.3, -0.25) is 0 Å². The first-order valence-corrected chi connectivity index (χ1v) is 5.68. The largest absolute Gasteiger partial charge is 0.241 e. The summed E-state index contributed by atoms with van der Waals surface area (Å²) < 4.78 is 0. The summed E-state index contributed by atoms with van der Waals surface area (Å²) in [6, 6.07) is 10.7. The minimum atomic E-state index is 1.09. The molecule has 2 heteroatoms. The zero-order chi connectivity index (χ0) is 10.1. The highest BCUT2D eigenvalue weighted by atomic mass is 15.6. The standard InChI is InChI=1S/C13H16N2/c1-2-5-12(6-3-1)13-7-10-15(11-13)14-8-4-9-14/h1-3,5-7H,4,8-11H2. The lowest BCUT2D eigenvalue weighted by Gasteiger charge is -2.38. The summed E-state index contributed by atoms with van der Waals surface area (Å²) in [6.07, 6.45) is 3.71. The Labute approximate surface area is 90.8 Å². The molecule has 2 aliphatic rings. The molecule has 0 aromatic heterocycles. The molecule has 0 spiro atoms. The van der Waals surface area contributed by atoms with Crippen LogP contribution in [0, 0.1) is 0 Å². The van der Waals surface area contributed by atoms with E-state index in [2.05, 4.69) is 46.4 Å². The Balaban J connectivity index is 1.70. The maximum atomic E-state index is 2.45. The van der Waals surface area contributed by atoms with E-state index in [0.717, 1.165) is 13.1 Å². The van der Waals surface area contributed by atoms with Crippen molar-refractivity contribution in [2.24, 2.45) is 0 Å². The van der Waals surface area contributed by atoms with Gasteiger partial charge in [-0.15, -0.1) is 0 Å². The Morgan fingerprint density at radius 1 is 0.933 bits per heavy atom.